The first-order chi connectivity index (χ1) is 12.0. The summed E-state index contributed by atoms with van der Waals surface area (Å²) < 4.78 is 39.3. The molecule has 26 heavy (non-hydrogen) atoms. The number of rotatable bonds is 5. The summed E-state index contributed by atoms with van der Waals surface area (Å²) in [5.41, 5.74) is 1.80. The van der Waals surface area contributed by atoms with Crippen molar-refractivity contribution >= 4 is 11.9 Å². The fourth-order valence-corrected chi connectivity index (χ4v) is 3.44. The molecule has 0 spiro atoms. The zero-order valence-corrected chi connectivity index (χ0v) is 15.1. The number of likely N-dealkylation sites (tertiary alicyclic amines) is 1. The van der Waals surface area contributed by atoms with Gasteiger partial charge in [-0.15, -0.1) is 0 Å². The maximum absolute atomic E-state index is 13.1. The molecule has 1 heterocycles. The third-order valence-corrected chi connectivity index (χ3v) is 4.83. The van der Waals surface area contributed by atoms with E-state index in [1.165, 1.54) is 0 Å². The lowest BCUT2D eigenvalue weighted by Crippen LogP contribution is -2.35. The molecule has 0 radical (unpaired) electrons. The minimum atomic E-state index is -4.64. The number of halogens is 3. The van der Waals surface area contributed by atoms with E-state index < -0.39 is 48.9 Å². The highest BCUT2D eigenvalue weighted by molar-refractivity contribution is 5.84. The van der Waals surface area contributed by atoms with Gasteiger partial charge in [0.2, 0.25) is 5.91 Å². The summed E-state index contributed by atoms with van der Waals surface area (Å²) in [5.74, 6) is -5.80. The second-order valence-electron chi connectivity index (χ2n) is 7.40. The lowest BCUT2D eigenvalue weighted by Gasteiger charge is -2.22. The molecule has 3 atom stereocenters. The van der Waals surface area contributed by atoms with E-state index in [9.17, 15) is 22.8 Å². The lowest BCUT2D eigenvalue weighted by atomic mass is 9.94. The van der Waals surface area contributed by atoms with Crippen molar-refractivity contribution in [1.29, 1.82) is 0 Å². The monoisotopic (exact) mass is 371 g/mol. The van der Waals surface area contributed by atoms with Crippen molar-refractivity contribution in [3.8, 4) is 0 Å². The van der Waals surface area contributed by atoms with Gasteiger partial charge in [0.1, 0.15) is 0 Å². The summed E-state index contributed by atoms with van der Waals surface area (Å²) >= 11 is 0. The Morgan fingerprint density at radius 2 is 1.88 bits per heavy atom. The maximum Gasteiger partial charge on any atom is 0.394 e. The first-order valence-electron chi connectivity index (χ1n) is 8.67. The van der Waals surface area contributed by atoms with Crippen LogP contribution in [0.1, 0.15) is 37.8 Å². The van der Waals surface area contributed by atoms with Crippen LogP contribution >= 0.6 is 0 Å². The van der Waals surface area contributed by atoms with Gasteiger partial charge < -0.3 is 10.0 Å². The van der Waals surface area contributed by atoms with Gasteiger partial charge in [0, 0.05) is 13.1 Å². The number of carbonyl (C=O) groups is 2. The maximum atomic E-state index is 13.1. The van der Waals surface area contributed by atoms with Crippen molar-refractivity contribution < 1.29 is 27.9 Å². The smallest absolute Gasteiger partial charge is 0.394 e. The molecule has 1 fully saturated rings. The summed E-state index contributed by atoms with van der Waals surface area (Å²) in [6.45, 7) is 4.79. The van der Waals surface area contributed by atoms with E-state index in [0.717, 1.165) is 22.4 Å². The second-order valence-corrected chi connectivity index (χ2v) is 7.40. The summed E-state index contributed by atoms with van der Waals surface area (Å²) in [7, 11) is 0. The van der Waals surface area contributed by atoms with Crippen molar-refractivity contribution in [2.45, 2.75) is 39.3 Å². The molecular formula is C19H24F3NO3. The van der Waals surface area contributed by atoms with Crippen LogP contribution in [0.15, 0.2) is 24.3 Å². The van der Waals surface area contributed by atoms with E-state index in [1.807, 2.05) is 18.2 Å². The average Bonchev–Trinajstić information content (AvgIpc) is 2.99. The zero-order chi connectivity index (χ0) is 19.6. The predicted molar refractivity (Wildman–Crippen MR) is 90.6 cm³/mol. The van der Waals surface area contributed by atoms with Crippen LogP contribution in [0.25, 0.3) is 0 Å². The molecule has 0 saturated carbocycles. The molecule has 1 aromatic carbocycles. The number of hydrogen-bond acceptors (Lipinski definition) is 2. The number of aliphatic carboxylic acids is 1. The van der Waals surface area contributed by atoms with Crippen molar-refractivity contribution in [2.75, 3.05) is 13.1 Å². The number of carboxylic acids is 1. The topological polar surface area (TPSA) is 57.6 Å². The Labute approximate surface area is 151 Å². The highest BCUT2D eigenvalue weighted by Gasteiger charge is 2.53. The van der Waals surface area contributed by atoms with Crippen LogP contribution in [-0.4, -0.2) is 41.1 Å². The fraction of sp³-hybridized carbons (Fsp3) is 0.579. The molecular weight excluding hydrogens is 347 g/mol. The van der Waals surface area contributed by atoms with Gasteiger partial charge in [-0.3, -0.25) is 9.59 Å². The van der Waals surface area contributed by atoms with Gasteiger partial charge in [0.25, 0.3) is 0 Å². The summed E-state index contributed by atoms with van der Waals surface area (Å²) in [4.78, 5) is 24.9. The Hall–Kier alpha value is -2.05. The van der Waals surface area contributed by atoms with Gasteiger partial charge in [-0.2, -0.15) is 13.2 Å². The summed E-state index contributed by atoms with van der Waals surface area (Å²) in [6.07, 6.45) is -3.80. The average molecular weight is 371 g/mol. The molecule has 1 aliphatic rings. The number of amides is 1. The molecule has 1 aromatic rings. The molecule has 1 saturated heterocycles. The van der Waals surface area contributed by atoms with E-state index in [-0.39, 0.29) is 0 Å². The number of carbonyl (C=O) groups excluding carboxylic acids is 1. The Morgan fingerprint density at radius 1 is 1.23 bits per heavy atom. The third-order valence-electron chi connectivity index (χ3n) is 4.83. The van der Waals surface area contributed by atoms with Crippen LogP contribution in [0.4, 0.5) is 13.2 Å². The third kappa shape index (κ3) is 4.56. The van der Waals surface area contributed by atoms with E-state index >= 15 is 0 Å². The Kier molecular flexibility index (Phi) is 5.98. The molecule has 1 unspecified atom stereocenters. The van der Waals surface area contributed by atoms with Crippen LogP contribution in [0.2, 0.25) is 0 Å². The number of benzene rings is 1. The lowest BCUT2D eigenvalue weighted by molar-refractivity contribution is -0.188. The molecule has 2 rings (SSSR count). The molecule has 1 N–H and O–H groups in total. The standard InChI is InChI=1S/C19H24F3NO3/c1-11(2)7-13-5-4-6-14(8-13)12(3)17(24)23-9-15(18(25)26)16(10-23)19(20,21)22/h4-6,8,11-12,15-16H,7,9-10H2,1-3H3,(H,25,26)/t12?,15-,16-/m1/s1. The molecule has 7 heteroatoms. The molecule has 0 aromatic heterocycles. The number of carboxylic acid groups (broad SMARTS) is 1. The second kappa shape index (κ2) is 7.68. The van der Waals surface area contributed by atoms with Crippen LogP contribution in [0.3, 0.4) is 0 Å². The van der Waals surface area contributed by atoms with Crippen molar-refractivity contribution in [2.24, 2.45) is 17.8 Å². The normalized spacial score (nSPS) is 21.9. The van der Waals surface area contributed by atoms with Gasteiger partial charge in [-0.25, -0.2) is 0 Å². The van der Waals surface area contributed by atoms with Gasteiger partial charge in [0.15, 0.2) is 0 Å². The van der Waals surface area contributed by atoms with Crippen LogP contribution < -0.4 is 0 Å². The molecule has 1 amide bonds. The predicted octanol–water partition coefficient (Wildman–Crippen LogP) is 3.71. The van der Waals surface area contributed by atoms with E-state index in [2.05, 4.69) is 13.8 Å². The van der Waals surface area contributed by atoms with Gasteiger partial charge >= 0.3 is 12.1 Å². The minimum Gasteiger partial charge on any atom is -0.481 e. The van der Waals surface area contributed by atoms with Crippen LogP contribution in [-0.2, 0) is 16.0 Å². The zero-order valence-electron chi connectivity index (χ0n) is 15.1. The molecule has 1 aliphatic heterocycles. The summed E-state index contributed by atoms with van der Waals surface area (Å²) in [6, 6.07) is 7.46. The summed E-state index contributed by atoms with van der Waals surface area (Å²) in [5, 5.41) is 9.08. The fourth-order valence-electron chi connectivity index (χ4n) is 3.44. The highest BCUT2D eigenvalue weighted by Crippen LogP contribution is 2.38. The van der Waals surface area contributed by atoms with Gasteiger partial charge in [0.05, 0.1) is 17.8 Å². The Balaban J connectivity index is 2.17. The largest absolute Gasteiger partial charge is 0.481 e. The SMILES string of the molecule is CC(C)Cc1cccc(C(C)C(=O)N2C[C@@H](C(F)(F)F)[C@H](C(=O)O)C2)c1. The molecule has 0 aliphatic carbocycles. The van der Waals surface area contributed by atoms with Crippen LogP contribution in [0, 0.1) is 17.8 Å². The van der Waals surface area contributed by atoms with E-state index in [1.54, 1.807) is 13.0 Å². The van der Waals surface area contributed by atoms with Crippen molar-refractivity contribution in [1.82, 2.24) is 4.90 Å². The Morgan fingerprint density at radius 3 is 2.38 bits per heavy atom. The van der Waals surface area contributed by atoms with Gasteiger partial charge in [-0.1, -0.05) is 38.1 Å². The van der Waals surface area contributed by atoms with E-state index in [0.29, 0.717) is 5.92 Å². The number of nitrogens with zero attached hydrogens (tertiary/aromatic N) is 1. The van der Waals surface area contributed by atoms with Crippen molar-refractivity contribution in [3.63, 3.8) is 0 Å². The number of alkyl halides is 3. The van der Waals surface area contributed by atoms with Crippen LogP contribution in [0.5, 0.6) is 0 Å². The molecule has 0 bridgehead atoms. The van der Waals surface area contributed by atoms with Crippen molar-refractivity contribution in [3.05, 3.63) is 35.4 Å². The van der Waals surface area contributed by atoms with E-state index in [4.69, 9.17) is 5.11 Å². The highest BCUT2D eigenvalue weighted by atomic mass is 19.4. The Bertz CT molecular complexity index is 672. The first kappa shape index (κ1) is 20.3. The quantitative estimate of drug-likeness (QED) is 0.858. The molecule has 4 nitrogen and oxygen atoms in total. The minimum absolute atomic E-state index is 0.408. The number of hydrogen-bond donors (Lipinski definition) is 1. The molecule has 144 valence electrons. The first-order valence-corrected chi connectivity index (χ1v) is 8.67. The van der Waals surface area contributed by atoms with Gasteiger partial charge in [-0.05, 0) is 30.4 Å².